The summed E-state index contributed by atoms with van der Waals surface area (Å²) in [4.78, 5) is 26.7. The Hall–Kier alpha value is -4.35. The van der Waals surface area contributed by atoms with Crippen LogP contribution in [0, 0.1) is 0 Å². The van der Waals surface area contributed by atoms with E-state index in [0.717, 1.165) is 16.8 Å². The van der Waals surface area contributed by atoms with Crippen LogP contribution in [0.2, 0.25) is 0 Å². The molecule has 1 aliphatic carbocycles. The smallest absolute Gasteiger partial charge is 0.341 e. The van der Waals surface area contributed by atoms with E-state index in [9.17, 15) is 23.1 Å². The van der Waals surface area contributed by atoms with Crippen molar-refractivity contribution >= 4 is 32.6 Å². The summed E-state index contributed by atoms with van der Waals surface area (Å²) in [6, 6.07) is 21.7. The number of methoxy groups -OCH3 is 2. The Morgan fingerprint density at radius 3 is 2.00 bits per heavy atom. The van der Waals surface area contributed by atoms with Gasteiger partial charge in [0.2, 0.25) is 10.0 Å². The van der Waals surface area contributed by atoms with Crippen molar-refractivity contribution in [2.75, 3.05) is 32.2 Å². The monoisotopic (exact) mass is 603 g/mol. The molecule has 0 amide bonds. The minimum Gasteiger partial charge on any atom is -0.497 e. The largest absolute Gasteiger partial charge is 0.497 e. The van der Waals surface area contributed by atoms with Crippen molar-refractivity contribution in [1.82, 2.24) is 8.87 Å². The van der Waals surface area contributed by atoms with Crippen molar-refractivity contribution in [3.05, 3.63) is 99.8 Å². The molecule has 224 valence electrons. The summed E-state index contributed by atoms with van der Waals surface area (Å²) in [6.07, 6.45) is 1.04. The summed E-state index contributed by atoms with van der Waals surface area (Å²) in [5.41, 5.74) is 2.23. The molecule has 4 aromatic rings. The lowest BCUT2D eigenvalue weighted by atomic mass is 10.1. The Bertz CT molecular complexity index is 1800. The van der Waals surface area contributed by atoms with Crippen molar-refractivity contribution in [3.63, 3.8) is 0 Å². The fourth-order valence-electron chi connectivity index (χ4n) is 5.90. The van der Waals surface area contributed by atoms with E-state index < -0.39 is 26.3 Å². The van der Waals surface area contributed by atoms with Gasteiger partial charge in [-0.05, 0) is 60.4 Å². The van der Waals surface area contributed by atoms with Crippen LogP contribution in [0.15, 0.2) is 77.6 Å². The van der Waals surface area contributed by atoms with Crippen molar-refractivity contribution in [2.45, 2.75) is 37.2 Å². The Morgan fingerprint density at radius 2 is 1.49 bits per heavy atom. The molecule has 3 aromatic carbocycles. The predicted octanol–water partition coefficient (Wildman–Crippen LogP) is 4.10. The maximum Gasteiger partial charge on any atom is 0.341 e. The molecule has 0 unspecified atom stereocenters. The van der Waals surface area contributed by atoms with Crippen molar-refractivity contribution in [2.24, 2.45) is 0 Å². The second-order valence-corrected chi connectivity index (χ2v) is 13.4. The highest BCUT2D eigenvalue weighted by molar-refractivity contribution is 7.90. The number of carbonyl (C=O) groups is 1. The lowest BCUT2D eigenvalue weighted by Gasteiger charge is -2.36. The first kappa shape index (κ1) is 28.8. The van der Waals surface area contributed by atoms with Crippen LogP contribution in [0.5, 0.6) is 11.5 Å². The van der Waals surface area contributed by atoms with Gasteiger partial charge in [-0.1, -0.05) is 36.4 Å². The van der Waals surface area contributed by atoms with E-state index in [-0.39, 0.29) is 31.7 Å². The Kier molecular flexibility index (Phi) is 7.39. The van der Waals surface area contributed by atoms with Crippen LogP contribution in [0.3, 0.4) is 0 Å². The standard InChI is InChI=1S/C32H33N3O7S/c1-41-25-10-6-22(7-11-25)19-34(20-23-8-12-26(42-2)13-9-23)43(39,40)32(14-15-32)21-33-16-17-35-29-24(4-3-5-28(29)33)18-27(30(35)36)31(37)38/h3-13,18H,14-17,19-21H2,1-2H3,(H,37,38). The van der Waals surface area contributed by atoms with Crippen molar-refractivity contribution < 1.29 is 27.8 Å². The summed E-state index contributed by atoms with van der Waals surface area (Å²) in [6.45, 7) is 1.33. The molecule has 2 aliphatic rings. The van der Waals surface area contributed by atoms with Crippen LogP contribution in [0.1, 0.15) is 34.3 Å². The van der Waals surface area contributed by atoms with Gasteiger partial charge >= 0.3 is 5.97 Å². The lowest BCUT2D eigenvalue weighted by molar-refractivity contribution is 0.0694. The molecule has 1 saturated carbocycles. The third kappa shape index (κ3) is 5.23. The molecule has 0 saturated heterocycles. The van der Waals surface area contributed by atoms with Gasteiger partial charge in [-0.25, -0.2) is 13.2 Å². The molecule has 0 spiro atoms. The van der Waals surface area contributed by atoms with Crippen LogP contribution in [0.4, 0.5) is 5.69 Å². The molecule has 6 rings (SSSR count). The SMILES string of the molecule is COc1ccc(CN(Cc2ccc(OC)cc2)S(=O)(=O)C2(CN3CCn4c(=O)c(C(=O)O)cc5cccc3c54)CC2)cc1. The molecule has 1 N–H and O–H groups in total. The number of aromatic carboxylic acids is 1. The summed E-state index contributed by atoms with van der Waals surface area (Å²) in [5, 5.41) is 10.2. The number of benzene rings is 3. The third-order valence-corrected chi connectivity index (χ3v) is 11.0. The number of para-hydroxylation sites is 1. The van der Waals surface area contributed by atoms with Gasteiger partial charge in [0, 0.05) is 38.1 Å². The zero-order valence-electron chi connectivity index (χ0n) is 24.0. The number of carboxylic acids is 1. The number of hydrogen-bond acceptors (Lipinski definition) is 7. The first-order valence-electron chi connectivity index (χ1n) is 14.1. The van der Waals surface area contributed by atoms with E-state index in [1.165, 1.54) is 10.6 Å². The number of aromatic nitrogens is 1. The van der Waals surface area contributed by atoms with Gasteiger partial charge in [-0.2, -0.15) is 4.31 Å². The summed E-state index contributed by atoms with van der Waals surface area (Å²) in [7, 11) is -0.625. The number of carboxylic acid groups (broad SMARTS) is 1. The van der Waals surface area contributed by atoms with Gasteiger partial charge in [0.1, 0.15) is 21.8 Å². The molecule has 0 atom stereocenters. The Balaban J connectivity index is 1.34. The fourth-order valence-corrected chi connectivity index (χ4v) is 8.03. The number of ether oxygens (including phenoxy) is 2. The van der Waals surface area contributed by atoms with E-state index in [1.54, 1.807) is 24.6 Å². The van der Waals surface area contributed by atoms with Gasteiger partial charge in [0.15, 0.2) is 0 Å². The van der Waals surface area contributed by atoms with Crippen molar-refractivity contribution in [3.8, 4) is 11.5 Å². The Morgan fingerprint density at radius 1 is 0.907 bits per heavy atom. The van der Waals surface area contributed by atoms with Gasteiger partial charge in [-0.3, -0.25) is 4.79 Å². The van der Waals surface area contributed by atoms with Gasteiger partial charge in [-0.15, -0.1) is 0 Å². The lowest BCUT2D eigenvalue weighted by Crippen LogP contribution is -2.48. The first-order valence-corrected chi connectivity index (χ1v) is 15.5. The number of rotatable bonds is 11. The number of sulfonamides is 1. The van der Waals surface area contributed by atoms with Crippen LogP contribution in [-0.4, -0.2) is 60.4 Å². The van der Waals surface area contributed by atoms with Crippen molar-refractivity contribution in [1.29, 1.82) is 0 Å². The molecule has 2 heterocycles. The highest BCUT2D eigenvalue weighted by Crippen LogP contribution is 2.48. The molecule has 11 heteroatoms. The average molecular weight is 604 g/mol. The minimum atomic E-state index is -3.81. The topological polar surface area (TPSA) is 118 Å². The first-order chi connectivity index (χ1) is 20.7. The van der Waals surface area contributed by atoms with Gasteiger partial charge < -0.3 is 24.0 Å². The van der Waals surface area contributed by atoms with Gasteiger partial charge in [0.05, 0.1) is 25.4 Å². The molecule has 0 bridgehead atoms. The second-order valence-electron chi connectivity index (χ2n) is 11.1. The zero-order chi connectivity index (χ0) is 30.4. The van der Waals surface area contributed by atoms with Crippen LogP contribution >= 0.6 is 0 Å². The maximum absolute atomic E-state index is 14.5. The van der Waals surface area contributed by atoms with E-state index in [1.807, 2.05) is 65.6 Å². The highest BCUT2D eigenvalue weighted by Gasteiger charge is 2.57. The number of pyridine rings is 1. The minimum absolute atomic E-state index is 0.200. The van der Waals surface area contributed by atoms with E-state index in [2.05, 4.69) is 0 Å². The van der Waals surface area contributed by atoms with E-state index >= 15 is 0 Å². The van der Waals surface area contributed by atoms with Crippen LogP contribution in [0.25, 0.3) is 10.9 Å². The van der Waals surface area contributed by atoms with Crippen LogP contribution in [-0.2, 0) is 29.7 Å². The van der Waals surface area contributed by atoms with Gasteiger partial charge in [0.25, 0.3) is 5.56 Å². The second kappa shape index (κ2) is 11.1. The molecule has 10 nitrogen and oxygen atoms in total. The molecular weight excluding hydrogens is 570 g/mol. The summed E-state index contributed by atoms with van der Waals surface area (Å²) >= 11 is 0. The molecule has 43 heavy (non-hydrogen) atoms. The van der Waals surface area contributed by atoms with Crippen LogP contribution < -0.4 is 19.9 Å². The molecule has 1 aromatic heterocycles. The Labute approximate surface area is 249 Å². The average Bonchev–Trinajstić information content (AvgIpc) is 3.81. The zero-order valence-corrected chi connectivity index (χ0v) is 24.8. The number of nitrogens with zero attached hydrogens (tertiary/aromatic N) is 3. The molecule has 0 radical (unpaired) electrons. The molecule has 1 aliphatic heterocycles. The normalized spacial score (nSPS) is 15.5. The van der Waals surface area contributed by atoms with E-state index in [0.29, 0.717) is 41.8 Å². The number of hydrogen-bond donors (Lipinski definition) is 1. The highest BCUT2D eigenvalue weighted by atomic mass is 32.2. The fraction of sp³-hybridized carbons (Fsp3) is 0.312. The third-order valence-electron chi connectivity index (χ3n) is 8.47. The summed E-state index contributed by atoms with van der Waals surface area (Å²) in [5.74, 6) is 0.127. The predicted molar refractivity (Wildman–Crippen MR) is 164 cm³/mol. The molecular formula is C32H33N3O7S. The summed E-state index contributed by atoms with van der Waals surface area (Å²) < 4.78 is 41.7. The quantitative estimate of drug-likeness (QED) is 0.272. The molecule has 1 fully saturated rings. The van der Waals surface area contributed by atoms with E-state index in [4.69, 9.17) is 9.47 Å². The maximum atomic E-state index is 14.5. The number of anilines is 1.